The molecule has 0 radical (unpaired) electrons. The molecular formula is C14H17F2N3O2S. The van der Waals surface area contributed by atoms with Crippen molar-refractivity contribution in [2.45, 2.75) is 18.2 Å². The number of halogens is 2. The van der Waals surface area contributed by atoms with Gasteiger partial charge < -0.3 is 0 Å². The van der Waals surface area contributed by atoms with Gasteiger partial charge in [0, 0.05) is 38.4 Å². The third kappa shape index (κ3) is 3.33. The van der Waals surface area contributed by atoms with Gasteiger partial charge in [0.1, 0.15) is 16.5 Å². The maximum Gasteiger partial charge on any atom is 0.246 e. The van der Waals surface area contributed by atoms with Crippen LogP contribution in [0.25, 0.3) is 0 Å². The average Bonchev–Trinajstić information content (AvgIpc) is 2.87. The molecule has 0 saturated carbocycles. The predicted octanol–water partition coefficient (Wildman–Crippen LogP) is 1.95. The Morgan fingerprint density at radius 1 is 1.27 bits per heavy atom. The van der Waals surface area contributed by atoms with Gasteiger partial charge in [-0.05, 0) is 24.3 Å². The molecule has 22 heavy (non-hydrogen) atoms. The summed E-state index contributed by atoms with van der Waals surface area (Å²) in [7, 11) is -2.33. The minimum atomic E-state index is -4.08. The number of nitrogens with zero attached hydrogens (tertiary/aromatic N) is 3. The fourth-order valence-corrected chi connectivity index (χ4v) is 3.67. The number of rotatable bonds is 6. The standard InChI is InChI=1S/C14H17F2N3O2S/c1-3-19(9-7-12-6-8-17-18(12)2)22(20,21)14-10-11(15)4-5-13(14)16/h4-6,8,10H,3,7,9H2,1-2H3. The molecule has 8 heteroatoms. The van der Waals surface area contributed by atoms with E-state index in [4.69, 9.17) is 0 Å². The molecule has 1 aromatic carbocycles. The minimum absolute atomic E-state index is 0.161. The summed E-state index contributed by atoms with van der Waals surface area (Å²) in [5.74, 6) is -1.75. The van der Waals surface area contributed by atoms with Crippen LogP contribution in [0.15, 0.2) is 35.4 Å². The summed E-state index contributed by atoms with van der Waals surface area (Å²) in [6, 6.07) is 4.19. The summed E-state index contributed by atoms with van der Waals surface area (Å²) in [5.41, 5.74) is 0.855. The zero-order valence-electron chi connectivity index (χ0n) is 12.3. The molecule has 0 spiro atoms. The molecule has 0 aliphatic carbocycles. The Balaban J connectivity index is 2.25. The van der Waals surface area contributed by atoms with E-state index >= 15 is 0 Å². The van der Waals surface area contributed by atoms with Crippen LogP contribution in [0, 0.1) is 11.6 Å². The van der Waals surface area contributed by atoms with Crippen molar-refractivity contribution in [3.05, 3.63) is 47.8 Å². The number of benzene rings is 1. The fourth-order valence-electron chi connectivity index (χ4n) is 2.15. The minimum Gasteiger partial charge on any atom is -0.273 e. The molecule has 0 unspecified atom stereocenters. The van der Waals surface area contributed by atoms with E-state index in [2.05, 4.69) is 5.10 Å². The van der Waals surface area contributed by atoms with Gasteiger partial charge in [0.05, 0.1) is 0 Å². The van der Waals surface area contributed by atoms with Crippen LogP contribution in [0.2, 0.25) is 0 Å². The van der Waals surface area contributed by atoms with Crippen molar-refractivity contribution < 1.29 is 17.2 Å². The highest BCUT2D eigenvalue weighted by Crippen LogP contribution is 2.20. The molecule has 2 rings (SSSR count). The molecule has 0 bridgehead atoms. The number of hydrogen-bond acceptors (Lipinski definition) is 3. The van der Waals surface area contributed by atoms with Gasteiger partial charge in [0.25, 0.3) is 0 Å². The third-order valence-electron chi connectivity index (χ3n) is 3.40. The van der Waals surface area contributed by atoms with Crippen molar-refractivity contribution in [3.63, 3.8) is 0 Å². The Bertz CT molecular complexity index is 759. The lowest BCUT2D eigenvalue weighted by molar-refractivity contribution is 0.421. The maximum atomic E-state index is 13.8. The van der Waals surface area contributed by atoms with E-state index in [-0.39, 0.29) is 13.1 Å². The first-order valence-corrected chi connectivity index (χ1v) is 8.22. The van der Waals surface area contributed by atoms with E-state index in [1.807, 2.05) is 0 Å². The van der Waals surface area contributed by atoms with Crippen molar-refractivity contribution in [3.8, 4) is 0 Å². The quantitative estimate of drug-likeness (QED) is 0.814. The van der Waals surface area contributed by atoms with Crippen LogP contribution in [0.4, 0.5) is 8.78 Å². The molecule has 2 aromatic rings. The van der Waals surface area contributed by atoms with Crippen molar-refractivity contribution in [1.29, 1.82) is 0 Å². The molecule has 0 atom stereocenters. The summed E-state index contributed by atoms with van der Waals surface area (Å²) >= 11 is 0. The second-order valence-electron chi connectivity index (χ2n) is 4.77. The number of aryl methyl sites for hydroxylation is 1. The van der Waals surface area contributed by atoms with Crippen LogP contribution in [0.3, 0.4) is 0 Å². The number of aromatic nitrogens is 2. The van der Waals surface area contributed by atoms with E-state index in [9.17, 15) is 17.2 Å². The monoisotopic (exact) mass is 329 g/mol. The van der Waals surface area contributed by atoms with Crippen molar-refractivity contribution in [2.75, 3.05) is 13.1 Å². The maximum absolute atomic E-state index is 13.8. The first-order chi connectivity index (χ1) is 10.4. The lowest BCUT2D eigenvalue weighted by Gasteiger charge is -2.20. The van der Waals surface area contributed by atoms with Gasteiger partial charge in [-0.15, -0.1) is 0 Å². The van der Waals surface area contributed by atoms with Crippen LogP contribution >= 0.6 is 0 Å². The summed E-state index contributed by atoms with van der Waals surface area (Å²) < 4.78 is 54.7. The smallest absolute Gasteiger partial charge is 0.246 e. The molecule has 0 saturated heterocycles. The van der Waals surface area contributed by atoms with Crippen LogP contribution in [-0.4, -0.2) is 35.6 Å². The van der Waals surface area contributed by atoms with Crippen molar-refractivity contribution in [2.24, 2.45) is 7.05 Å². The Labute approximate surface area is 128 Å². The second-order valence-corrected chi connectivity index (χ2v) is 6.67. The summed E-state index contributed by atoms with van der Waals surface area (Å²) in [5, 5.41) is 4.01. The fraction of sp³-hybridized carbons (Fsp3) is 0.357. The van der Waals surface area contributed by atoms with Gasteiger partial charge in [-0.1, -0.05) is 6.92 Å². The van der Waals surface area contributed by atoms with Crippen molar-refractivity contribution in [1.82, 2.24) is 14.1 Å². The van der Waals surface area contributed by atoms with Crippen LogP contribution in [-0.2, 0) is 23.5 Å². The van der Waals surface area contributed by atoms with Gasteiger partial charge in [0.15, 0.2) is 0 Å². The zero-order chi connectivity index (χ0) is 16.3. The largest absolute Gasteiger partial charge is 0.273 e. The van der Waals surface area contributed by atoms with E-state index in [1.54, 1.807) is 30.9 Å². The highest BCUT2D eigenvalue weighted by molar-refractivity contribution is 7.89. The summed E-state index contributed by atoms with van der Waals surface area (Å²) in [6.07, 6.45) is 2.05. The molecule has 0 aliphatic heterocycles. The average molecular weight is 329 g/mol. The molecule has 0 N–H and O–H groups in total. The Morgan fingerprint density at radius 3 is 2.59 bits per heavy atom. The van der Waals surface area contributed by atoms with E-state index in [1.165, 1.54) is 0 Å². The molecule has 1 aromatic heterocycles. The molecule has 5 nitrogen and oxygen atoms in total. The highest BCUT2D eigenvalue weighted by atomic mass is 32.2. The third-order valence-corrected chi connectivity index (χ3v) is 5.39. The second kappa shape index (κ2) is 6.53. The molecule has 120 valence electrons. The lowest BCUT2D eigenvalue weighted by Crippen LogP contribution is -2.33. The van der Waals surface area contributed by atoms with Crippen LogP contribution < -0.4 is 0 Å². The number of sulfonamides is 1. The molecular weight excluding hydrogens is 312 g/mol. The van der Waals surface area contributed by atoms with E-state index < -0.39 is 26.6 Å². The normalized spacial score (nSPS) is 12.0. The first-order valence-electron chi connectivity index (χ1n) is 6.78. The topological polar surface area (TPSA) is 55.2 Å². The summed E-state index contributed by atoms with van der Waals surface area (Å²) in [4.78, 5) is -0.639. The molecule has 0 fully saturated rings. The van der Waals surface area contributed by atoms with Crippen molar-refractivity contribution >= 4 is 10.0 Å². The van der Waals surface area contributed by atoms with Crippen LogP contribution in [0.5, 0.6) is 0 Å². The SMILES string of the molecule is CCN(CCc1ccnn1C)S(=O)(=O)c1cc(F)ccc1F. The molecule has 0 amide bonds. The summed E-state index contributed by atoms with van der Waals surface area (Å²) in [6.45, 7) is 1.97. The molecule has 1 heterocycles. The van der Waals surface area contributed by atoms with E-state index in [0.717, 1.165) is 22.1 Å². The Morgan fingerprint density at radius 2 is 2.00 bits per heavy atom. The lowest BCUT2D eigenvalue weighted by atomic mass is 10.3. The Hall–Kier alpha value is -1.80. The van der Waals surface area contributed by atoms with Gasteiger partial charge in [-0.3, -0.25) is 4.68 Å². The highest BCUT2D eigenvalue weighted by Gasteiger charge is 2.26. The van der Waals surface area contributed by atoms with Gasteiger partial charge >= 0.3 is 0 Å². The van der Waals surface area contributed by atoms with Gasteiger partial charge in [-0.25, -0.2) is 17.2 Å². The Kier molecular flexibility index (Phi) is 4.92. The molecule has 0 aliphatic rings. The van der Waals surface area contributed by atoms with Gasteiger partial charge in [-0.2, -0.15) is 9.40 Å². The number of likely N-dealkylation sites (N-methyl/N-ethyl adjacent to an activating group) is 1. The van der Waals surface area contributed by atoms with E-state index in [0.29, 0.717) is 12.5 Å². The first kappa shape index (κ1) is 16.6. The van der Waals surface area contributed by atoms with Crippen LogP contribution in [0.1, 0.15) is 12.6 Å². The number of hydrogen-bond donors (Lipinski definition) is 0. The predicted molar refractivity (Wildman–Crippen MR) is 77.7 cm³/mol. The zero-order valence-corrected chi connectivity index (χ0v) is 13.1. The van der Waals surface area contributed by atoms with Gasteiger partial charge in [0.2, 0.25) is 10.0 Å².